The molecule has 3 aliphatic rings. The SMILES string of the molecule is [2H]c1c2c(c([2H])c3c1N(c1c([2H])c(C(C)(C)C)c([2H])c(C(C)(C)C)c1[2H])c1c([2H])c(C([2H])([2H])[2H])c([2H])c4c1B3c1c(c([2H])c3sc(C(C)(C)C)c([2H])c3c1[2H])O4)C(C)(C)CS2. The molecule has 246 valence electrons. The molecule has 0 radical (unpaired) electrons. The van der Waals surface area contributed by atoms with Crippen molar-refractivity contribution in [2.24, 2.45) is 0 Å². The summed E-state index contributed by atoms with van der Waals surface area (Å²) in [7, 11) is 0. The molecule has 0 spiro atoms. The van der Waals surface area contributed by atoms with Gasteiger partial charge in [0.15, 0.2) is 0 Å². The molecule has 2 nitrogen and oxygen atoms in total. The van der Waals surface area contributed by atoms with Crippen LogP contribution in [0.4, 0.5) is 17.1 Å². The number of rotatable bonds is 1. The lowest BCUT2D eigenvalue weighted by molar-refractivity contribution is 0.488. The highest BCUT2D eigenvalue weighted by molar-refractivity contribution is 7.99. The first-order valence-corrected chi connectivity index (χ1v) is 18.3. The van der Waals surface area contributed by atoms with Crippen molar-refractivity contribution in [2.45, 2.75) is 110 Å². The molecule has 3 aliphatic heterocycles. The third kappa shape index (κ3) is 4.97. The Morgan fingerprint density at radius 1 is 0.771 bits per heavy atom. The van der Waals surface area contributed by atoms with Crippen LogP contribution in [0.1, 0.15) is 121 Å². The third-order valence-electron chi connectivity index (χ3n) is 9.27. The van der Waals surface area contributed by atoms with Crippen molar-refractivity contribution in [3.63, 3.8) is 0 Å². The molecule has 4 aromatic carbocycles. The van der Waals surface area contributed by atoms with Crippen LogP contribution in [0.5, 0.6) is 11.5 Å². The minimum atomic E-state index is -3.05. The van der Waals surface area contributed by atoms with E-state index in [0.717, 1.165) is 0 Å². The number of benzene rings is 4. The summed E-state index contributed by atoms with van der Waals surface area (Å²) in [5.41, 5.74) is -2.24. The number of ether oxygens (including phenoxy) is 1. The molecule has 0 saturated carbocycles. The van der Waals surface area contributed by atoms with Crippen LogP contribution in [0.15, 0.2) is 65.3 Å². The van der Waals surface area contributed by atoms with Crippen LogP contribution in [0, 0.1) is 6.85 Å². The molecule has 0 atom stereocenters. The minimum Gasteiger partial charge on any atom is -0.458 e. The van der Waals surface area contributed by atoms with E-state index in [4.69, 9.17) is 8.85 Å². The van der Waals surface area contributed by atoms with Crippen LogP contribution in [0.25, 0.3) is 10.1 Å². The molecule has 5 aromatic rings. The predicted octanol–water partition coefficient (Wildman–Crippen LogP) is 10.9. The zero-order chi connectivity index (χ0) is 45.5. The van der Waals surface area contributed by atoms with Gasteiger partial charge < -0.3 is 9.64 Å². The molecule has 0 fully saturated rings. The molecule has 0 aliphatic carbocycles. The minimum absolute atomic E-state index is 0.00453. The lowest BCUT2D eigenvalue weighted by Crippen LogP contribution is -2.59. The molecule has 0 amide bonds. The molecule has 48 heavy (non-hydrogen) atoms. The first kappa shape index (κ1) is 20.5. The summed E-state index contributed by atoms with van der Waals surface area (Å²) in [4.78, 5) is 2.51. The highest BCUT2D eigenvalue weighted by Gasteiger charge is 2.44. The van der Waals surface area contributed by atoms with E-state index in [9.17, 15) is 13.7 Å². The Balaban J connectivity index is 1.68. The number of thiophene rings is 1. The molecule has 0 bridgehead atoms. The maximum absolute atomic E-state index is 10.2. The van der Waals surface area contributed by atoms with Gasteiger partial charge in [-0.15, -0.1) is 23.1 Å². The van der Waals surface area contributed by atoms with Crippen molar-refractivity contribution in [1.29, 1.82) is 0 Å². The van der Waals surface area contributed by atoms with E-state index in [1.807, 2.05) is 76.2 Å². The normalized spacial score (nSPS) is 20.5. The van der Waals surface area contributed by atoms with Crippen LogP contribution in [0.2, 0.25) is 0 Å². The van der Waals surface area contributed by atoms with E-state index >= 15 is 0 Å². The summed E-state index contributed by atoms with van der Waals surface area (Å²) >= 11 is 2.60. The van der Waals surface area contributed by atoms with Gasteiger partial charge in [-0.2, -0.15) is 0 Å². The van der Waals surface area contributed by atoms with Gasteiger partial charge in [0.2, 0.25) is 0 Å². The van der Waals surface area contributed by atoms with Gasteiger partial charge >= 0.3 is 0 Å². The van der Waals surface area contributed by atoms with Gasteiger partial charge in [-0.25, -0.2) is 0 Å². The number of thioether (sulfide) groups is 1. The maximum Gasteiger partial charge on any atom is 0.256 e. The molecule has 0 N–H and O–H groups in total. The predicted molar refractivity (Wildman–Crippen MR) is 212 cm³/mol. The summed E-state index contributed by atoms with van der Waals surface area (Å²) in [5.74, 6) is 0.0984. The Morgan fingerprint density at radius 3 is 2.12 bits per heavy atom. The largest absolute Gasteiger partial charge is 0.458 e. The first-order chi connectivity index (χ1) is 27.8. The van der Waals surface area contributed by atoms with E-state index < -0.39 is 52.9 Å². The zero-order valence-corrected chi connectivity index (χ0v) is 31.1. The summed E-state index contributed by atoms with van der Waals surface area (Å²) in [6.07, 6.45) is 0. The monoisotopic (exact) mass is 682 g/mol. The highest BCUT2D eigenvalue weighted by Crippen LogP contribution is 2.49. The number of anilines is 3. The summed E-state index contributed by atoms with van der Waals surface area (Å²) in [5, 5.41) is 0.208. The van der Waals surface area contributed by atoms with Crippen molar-refractivity contribution in [3.05, 3.63) is 87.6 Å². The summed E-state index contributed by atoms with van der Waals surface area (Å²) in [6.45, 7) is 16.6. The number of nitrogens with zero attached hydrogens (tertiary/aromatic N) is 1. The van der Waals surface area contributed by atoms with Crippen LogP contribution in [-0.2, 0) is 21.7 Å². The fraction of sp³-hybridized carbons (Fsp3) is 0.395. The molecule has 1 aromatic heterocycles. The molecule has 4 heterocycles. The quantitative estimate of drug-likeness (QED) is 0.160. The van der Waals surface area contributed by atoms with Crippen LogP contribution in [-0.4, -0.2) is 12.5 Å². The molecule has 5 heteroatoms. The first-order valence-electron chi connectivity index (χ1n) is 22.9. The second kappa shape index (κ2) is 10.2. The molecular weight excluding hydrogens is 621 g/mol. The highest BCUT2D eigenvalue weighted by atomic mass is 32.2. The van der Waals surface area contributed by atoms with Gasteiger partial charge in [-0.1, -0.05) is 94.3 Å². The number of hydrogen-bond donors (Lipinski definition) is 0. The van der Waals surface area contributed by atoms with Crippen molar-refractivity contribution in [1.82, 2.24) is 0 Å². The number of fused-ring (bicyclic) bond motifs is 6. The average molecular weight is 683 g/mol. The van der Waals surface area contributed by atoms with Crippen molar-refractivity contribution < 1.29 is 22.6 Å². The molecular formula is C43H48BNOS2. The summed E-state index contributed by atoms with van der Waals surface area (Å²) in [6, 6.07) is -2.03. The van der Waals surface area contributed by atoms with E-state index in [0.29, 0.717) is 36.9 Å². The van der Waals surface area contributed by atoms with E-state index in [1.165, 1.54) is 28.0 Å². The van der Waals surface area contributed by atoms with Crippen molar-refractivity contribution >= 4 is 73.3 Å². The van der Waals surface area contributed by atoms with Crippen LogP contribution >= 0.6 is 23.1 Å². The molecule has 0 unspecified atom stereocenters. The van der Waals surface area contributed by atoms with Crippen LogP contribution in [0.3, 0.4) is 0 Å². The van der Waals surface area contributed by atoms with Gasteiger partial charge in [-0.3, -0.25) is 0 Å². The maximum atomic E-state index is 10.2. The van der Waals surface area contributed by atoms with Crippen LogP contribution < -0.4 is 26.0 Å². The van der Waals surface area contributed by atoms with Gasteiger partial charge in [0, 0.05) is 46.8 Å². The fourth-order valence-corrected chi connectivity index (χ4v) is 8.81. The smallest absolute Gasteiger partial charge is 0.256 e. The van der Waals surface area contributed by atoms with E-state index in [2.05, 4.69) is 0 Å². The Kier molecular flexibility index (Phi) is 4.36. The van der Waals surface area contributed by atoms with Crippen molar-refractivity contribution in [2.75, 3.05) is 10.7 Å². The molecule has 0 saturated heterocycles. The topological polar surface area (TPSA) is 12.5 Å². The second-order valence-electron chi connectivity index (χ2n) is 17.0. The van der Waals surface area contributed by atoms with Gasteiger partial charge in [0.05, 0.1) is 13.7 Å². The number of hydrogen-bond acceptors (Lipinski definition) is 4. The van der Waals surface area contributed by atoms with Gasteiger partial charge in [0.25, 0.3) is 6.71 Å². The lowest BCUT2D eigenvalue weighted by atomic mass is 9.34. The Morgan fingerprint density at radius 2 is 1.48 bits per heavy atom. The molecule has 8 rings (SSSR count). The Hall–Kier alpha value is -3.15. The van der Waals surface area contributed by atoms with Gasteiger partial charge in [-0.05, 0) is 109 Å². The van der Waals surface area contributed by atoms with Gasteiger partial charge in [0.1, 0.15) is 11.5 Å². The second-order valence-corrected chi connectivity index (χ2v) is 19.0. The third-order valence-corrected chi connectivity index (χ3v) is 12.2. The summed E-state index contributed by atoms with van der Waals surface area (Å²) < 4.78 is 131. The Labute approximate surface area is 314 Å². The average Bonchev–Trinajstić information content (AvgIpc) is 3.62. The Bertz CT molecular complexity index is 2790. The fourth-order valence-electron chi connectivity index (χ4n) is 6.51. The van der Waals surface area contributed by atoms with E-state index in [-0.39, 0.29) is 98.7 Å². The van der Waals surface area contributed by atoms with E-state index in [1.54, 1.807) is 0 Å². The standard InChI is InChI=1S/C43H48BNOS2/c1-24-13-33-39-35(14-24)46-34-22-36-25(16-38(48-36)42(8,9)10)15-31(34)44(39)30-20-29-37(47-23-43(29,11)12)21-32(30)45(33)28-18-26(40(2,3)4)17-27(19-28)41(5,6)7/h13-22H,23H2,1-12H3/i1D3,13D,14D,15D,16D,17D,18D,19D,20D,21D,22D. The zero-order valence-electron chi connectivity index (χ0n) is 42.5. The van der Waals surface area contributed by atoms with Crippen molar-refractivity contribution in [3.8, 4) is 11.5 Å². The lowest BCUT2D eigenvalue weighted by Gasteiger charge is -2.41.